The average Bonchev–Trinajstić information content (AvgIpc) is 2.89. The van der Waals surface area contributed by atoms with Gasteiger partial charge in [-0.3, -0.25) is 9.69 Å². The zero-order chi connectivity index (χ0) is 25.9. The van der Waals surface area contributed by atoms with Crippen LogP contribution < -0.4 is 15.0 Å². The quantitative estimate of drug-likeness (QED) is 0.392. The molecule has 2 aliphatic rings. The summed E-state index contributed by atoms with van der Waals surface area (Å²) in [7, 11) is 0. The van der Waals surface area contributed by atoms with Crippen molar-refractivity contribution in [2.45, 2.75) is 33.2 Å². The Morgan fingerprint density at radius 3 is 2.62 bits per heavy atom. The minimum absolute atomic E-state index is 0.0216. The van der Waals surface area contributed by atoms with Crippen LogP contribution in [0, 0.1) is 19.7 Å². The number of esters is 1. The summed E-state index contributed by atoms with van der Waals surface area (Å²) in [6, 6.07) is 12.1. The van der Waals surface area contributed by atoms with Crippen LogP contribution in [0.15, 0.2) is 42.5 Å². The first-order chi connectivity index (χ1) is 17.9. The van der Waals surface area contributed by atoms with Crippen LogP contribution >= 0.6 is 0 Å². The van der Waals surface area contributed by atoms with E-state index < -0.39 is 0 Å². The highest BCUT2D eigenvalue weighted by Crippen LogP contribution is 2.37. The van der Waals surface area contributed by atoms with Crippen LogP contribution in [0.25, 0.3) is 0 Å². The molecule has 2 aromatic carbocycles. The minimum Gasteiger partial charge on any atom is -0.426 e. The number of anilines is 3. The van der Waals surface area contributed by atoms with Crippen LogP contribution in [0.4, 0.5) is 21.8 Å². The average molecular weight is 506 g/mol. The Hall–Kier alpha value is -3.56. The molecule has 9 heteroatoms. The van der Waals surface area contributed by atoms with Gasteiger partial charge in [0.2, 0.25) is 5.95 Å². The third-order valence-corrected chi connectivity index (χ3v) is 7.08. The third-order valence-electron chi connectivity index (χ3n) is 7.08. The van der Waals surface area contributed by atoms with Gasteiger partial charge in [0.1, 0.15) is 17.4 Å². The van der Waals surface area contributed by atoms with Gasteiger partial charge in [0.25, 0.3) is 0 Å². The molecule has 194 valence electrons. The molecule has 0 aliphatic carbocycles. The van der Waals surface area contributed by atoms with Gasteiger partial charge in [-0.25, -0.2) is 9.37 Å². The number of carbonyl (C=O) groups excluding carboxylic acids is 1. The number of halogens is 1. The second-order valence-corrected chi connectivity index (χ2v) is 9.56. The summed E-state index contributed by atoms with van der Waals surface area (Å²) >= 11 is 0. The highest BCUT2D eigenvalue weighted by atomic mass is 19.1. The maximum Gasteiger partial charge on any atom is 0.325 e. The second-order valence-electron chi connectivity index (χ2n) is 9.56. The number of rotatable bonds is 6. The number of nitrogens with zero attached hydrogens (tertiary/aromatic N) is 4. The lowest BCUT2D eigenvalue weighted by molar-refractivity contribution is -0.136. The Bertz CT molecular complexity index is 1280. The lowest BCUT2D eigenvalue weighted by Crippen LogP contribution is -2.40. The highest BCUT2D eigenvalue weighted by molar-refractivity contribution is 5.74. The zero-order valence-electron chi connectivity index (χ0n) is 21.5. The Kier molecular flexibility index (Phi) is 7.34. The van der Waals surface area contributed by atoms with E-state index in [4.69, 9.17) is 14.5 Å². The number of carbonyl (C=O) groups is 1. The van der Waals surface area contributed by atoms with E-state index in [0.29, 0.717) is 24.9 Å². The van der Waals surface area contributed by atoms with Gasteiger partial charge in [0.05, 0.1) is 25.8 Å². The van der Waals surface area contributed by atoms with E-state index in [0.717, 1.165) is 54.4 Å². The maximum atomic E-state index is 13.3. The molecule has 1 saturated heterocycles. The number of ether oxygens (including phenoxy) is 2. The number of aromatic nitrogens is 2. The van der Waals surface area contributed by atoms with Crippen molar-refractivity contribution in [2.24, 2.45) is 0 Å². The van der Waals surface area contributed by atoms with Gasteiger partial charge in [-0.05, 0) is 74.7 Å². The Morgan fingerprint density at radius 2 is 1.86 bits per heavy atom. The highest BCUT2D eigenvalue weighted by Gasteiger charge is 2.28. The molecule has 1 N–H and O–H groups in total. The van der Waals surface area contributed by atoms with Gasteiger partial charge < -0.3 is 19.7 Å². The van der Waals surface area contributed by atoms with Gasteiger partial charge >= 0.3 is 5.97 Å². The molecule has 1 aromatic heterocycles. The molecular formula is C28H32FN5O3. The molecule has 0 saturated carbocycles. The van der Waals surface area contributed by atoms with Crippen molar-refractivity contribution in [1.29, 1.82) is 0 Å². The fraction of sp³-hybridized carbons (Fsp3) is 0.393. The van der Waals surface area contributed by atoms with Crippen LogP contribution in [0.3, 0.4) is 0 Å². The van der Waals surface area contributed by atoms with E-state index >= 15 is 0 Å². The Labute approximate surface area is 216 Å². The lowest BCUT2D eigenvalue weighted by atomic mass is 9.93. The summed E-state index contributed by atoms with van der Waals surface area (Å²) in [4.78, 5) is 26.3. The maximum absolute atomic E-state index is 13.3. The molecule has 0 radical (unpaired) electrons. The van der Waals surface area contributed by atoms with Gasteiger partial charge in [0, 0.05) is 36.6 Å². The van der Waals surface area contributed by atoms with Crippen molar-refractivity contribution in [3.05, 3.63) is 70.7 Å². The molecule has 3 aromatic rings. The standard InChI is InChI=1S/C28H32FN5O3/c1-18-19(2)30-28(31-23-7-5-22(29)6-8-23)32-27(18)34-11-10-21-4-9-24(16-25(21)20(34)3)37-26(35)17-33-12-14-36-15-13-33/h4-9,16,20H,10-15,17H2,1-3H3,(H,30,31,32). The van der Waals surface area contributed by atoms with Gasteiger partial charge in [-0.15, -0.1) is 0 Å². The van der Waals surface area contributed by atoms with Crippen molar-refractivity contribution in [3.63, 3.8) is 0 Å². The molecule has 3 heterocycles. The lowest BCUT2D eigenvalue weighted by Gasteiger charge is -2.37. The Morgan fingerprint density at radius 1 is 1.11 bits per heavy atom. The summed E-state index contributed by atoms with van der Waals surface area (Å²) in [5, 5.41) is 3.19. The number of morpholine rings is 1. The molecule has 0 amide bonds. The van der Waals surface area contributed by atoms with E-state index in [1.54, 1.807) is 12.1 Å². The molecule has 0 bridgehead atoms. The van der Waals surface area contributed by atoms with Crippen molar-refractivity contribution in [1.82, 2.24) is 14.9 Å². The molecule has 0 spiro atoms. The van der Waals surface area contributed by atoms with Crippen LogP contribution in [-0.4, -0.2) is 60.2 Å². The Balaban J connectivity index is 1.35. The molecule has 1 atom stereocenters. The summed E-state index contributed by atoms with van der Waals surface area (Å²) in [6.45, 7) is 9.95. The first-order valence-corrected chi connectivity index (χ1v) is 12.7. The number of hydrogen-bond acceptors (Lipinski definition) is 8. The van der Waals surface area contributed by atoms with Crippen LogP contribution in [0.1, 0.15) is 35.3 Å². The van der Waals surface area contributed by atoms with E-state index in [1.807, 2.05) is 30.9 Å². The monoisotopic (exact) mass is 505 g/mol. The van der Waals surface area contributed by atoms with Gasteiger partial charge in [-0.1, -0.05) is 6.07 Å². The van der Waals surface area contributed by atoms with Crippen LogP contribution in [-0.2, 0) is 16.0 Å². The number of nitrogens with one attached hydrogen (secondary N) is 1. The van der Waals surface area contributed by atoms with Crippen molar-refractivity contribution < 1.29 is 18.7 Å². The number of fused-ring (bicyclic) bond motifs is 1. The molecule has 8 nitrogen and oxygen atoms in total. The van der Waals surface area contributed by atoms with Gasteiger partial charge in [0.15, 0.2) is 0 Å². The molecular weight excluding hydrogens is 473 g/mol. The predicted molar refractivity (Wildman–Crippen MR) is 140 cm³/mol. The van der Waals surface area contributed by atoms with Crippen molar-refractivity contribution in [2.75, 3.05) is 49.6 Å². The normalized spacial score (nSPS) is 17.8. The molecule has 2 aliphatic heterocycles. The van der Waals surface area contributed by atoms with E-state index in [9.17, 15) is 9.18 Å². The SMILES string of the molecule is Cc1nc(Nc2ccc(F)cc2)nc(N2CCc3ccc(OC(=O)CN4CCOCC4)cc3C2C)c1C. The summed E-state index contributed by atoms with van der Waals surface area (Å²) in [5.41, 5.74) is 4.96. The first kappa shape index (κ1) is 25.1. The topological polar surface area (TPSA) is 79.8 Å². The molecule has 37 heavy (non-hydrogen) atoms. The number of aryl methyl sites for hydroxylation is 1. The number of benzene rings is 2. The van der Waals surface area contributed by atoms with Crippen molar-refractivity contribution >= 4 is 23.4 Å². The van der Waals surface area contributed by atoms with E-state index in [-0.39, 0.29) is 24.4 Å². The number of hydrogen-bond donors (Lipinski definition) is 1. The molecule has 5 rings (SSSR count). The zero-order valence-corrected chi connectivity index (χ0v) is 21.5. The van der Waals surface area contributed by atoms with Crippen LogP contribution in [0.2, 0.25) is 0 Å². The summed E-state index contributed by atoms with van der Waals surface area (Å²) in [6.07, 6.45) is 0.852. The van der Waals surface area contributed by atoms with E-state index in [1.165, 1.54) is 17.7 Å². The second kappa shape index (κ2) is 10.8. The molecule has 1 fully saturated rings. The minimum atomic E-state index is -0.292. The van der Waals surface area contributed by atoms with E-state index in [2.05, 4.69) is 28.2 Å². The third kappa shape index (κ3) is 5.73. The first-order valence-electron chi connectivity index (χ1n) is 12.7. The predicted octanol–water partition coefficient (Wildman–Crippen LogP) is 4.34. The molecule has 1 unspecified atom stereocenters. The summed E-state index contributed by atoms with van der Waals surface area (Å²) < 4.78 is 24.4. The largest absolute Gasteiger partial charge is 0.426 e. The fourth-order valence-corrected chi connectivity index (χ4v) is 4.86. The fourth-order valence-electron chi connectivity index (χ4n) is 4.86. The summed E-state index contributed by atoms with van der Waals surface area (Å²) in [5.74, 6) is 1.32. The van der Waals surface area contributed by atoms with Gasteiger partial charge in [-0.2, -0.15) is 4.98 Å². The van der Waals surface area contributed by atoms with Crippen molar-refractivity contribution in [3.8, 4) is 5.75 Å². The smallest absolute Gasteiger partial charge is 0.325 e. The van der Waals surface area contributed by atoms with Crippen LogP contribution in [0.5, 0.6) is 5.75 Å².